The number of sulfonamides is 1. The molecule has 23 heavy (non-hydrogen) atoms. The summed E-state index contributed by atoms with van der Waals surface area (Å²) in [5, 5.41) is -0.328. The van der Waals surface area contributed by atoms with Crippen LogP contribution in [0.2, 0.25) is 5.02 Å². The van der Waals surface area contributed by atoms with E-state index in [4.69, 9.17) is 11.6 Å². The van der Waals surface area contributed by atoms with Gasteiger partial charge in [0.05, 0.1) is 23.1 Å². The molecule has 0 spiro atoms. The first-order chi connectivity index (χ1) is 11.0. The molecule has 0 radical (unpaired) electrons. The number of imidazole rings is 1. The van der Waals surface area contributed by atoms with Gasteiger partial charge in [0.25, 0.3) is 10.0 Å². The maximum absolute atomic E-state index is 13.2. The molecule has 118 valence electrons. The number of nitrogens with one attached hydrogen (secondary N) is 1. The Balaban J connectivity index is 1.98. The Kier molecular flexibility index (Phi) is 3.97. The van der Waals surface area contributed by atoms with Crippen LogP contribution in [-0.2, 0) is 10.0 Å². The Morgan fingerprint density at radius 2 is 2.00 bits per heavy atom. The SMILES string of the molecule is O=S(=O)(Nc1ccc(F)c(Cl)c1)c1cncn1-c1cnccn1. The number of hydrogen-bond donors (Lipinski definition) is 1. The normalized spacial score (nSPS) is 11.4. The topological polar surface area (TPSA) is 89.8 Å². The fraction of sp³-hybridized carbons (Fsp3) is 0. The zero-order valence-electron chi connectivity index (χ0n) is 11.4. The van der Waals surface area contributed by atoms with E-state index in [1.807, 2.05) is 0 Å². The number of benzene rings is 1. The third-order valence-corrected chi connectivity index (χ3v) is 4.49. The average molecular weight is 354 g/mol. The van der Waals surface area contributed by atoms with Crippen LogP contribution in [0.4, 0.5) is 10.1 Å². The Morgan fingerprint density at radius 1 is 1.17 bits per heavy atom. The molecule has 3 rings (SSSR count). The first kappa shape index (κ1) is 15.4. The van der Waals surface area contributed by atoms with E-state index < -0.39 is 15.8 Å². The smallest absolute Gasteiger partial charge is 0.278 e. The minimum atomic E-state index is -3.98. The van der Waals surface area contributed by atoms with Crippen molar-refractivity contribution < 1.29 is 12.8 Å². The third kappa shape index (κ3) is 3.15. The fourth-order valence-corrected chi connectivity index (χ4v) is 3.16. The van der Waals surface area contributed by atoms with Crippen LogP contribution in [0.3, 0.4) is 0 Å². The van der Waals surface area contributed by atoms with Gasteiger partial charge in [-0.1, -0.05) is 11.6 Å². The van der Waals surface area contributed by atoms with Crippen molar-refractivity contribution >= 4 is 27.3 Å². The van der Waals surface area contributed by atoms with Gasteiger partial charge in [0, 0.05) is 12.4 Å². The number of hydrogen-bond acceptors (Lipinski definition) is 5. The standard InChI is InChI=1S/C13H9ClFN5O2S/c14-10-5-9(1-2-11(10)15)19-23(21,22)13-7-17-8-20(13)12-6-16-3-4-18-12/h1-8,19H. The van der Waals surface area contributed by atoms with Gasteiger partial charge in [-0.2, -0.15) is 8.42 Å². The van der Waals surface area contributed by atoms with Gasteiger partial charge < -0.3 is 0 Å². The van der Waals surface area contributed by atoms with E-state index in [2.05, 4.69) is 19.7 Å². The van der Waals surface area contributed by atoms with Gasteiger partial charge >= 0.3 is 0 Å². The number of nitrogens with zero attached hydrogens (tertiary/aromatic N) is 4. The van der Waals surface area contributed by atoms with Crippen LogP contribution in [0.15, 0.2) is 54.3 Å². The van der Waals surface area contributed by atoms with Crippen molar-refractivity contribution in [1.82, 2.24) is 19.5 Å². The second-order valence-electron chi connectivity index (χ2n) is 4.40. The molecule has 0 amide bonds. The highest BCUT2D eigenvalue weighted by Crippen LogP contribution is 2.22. The van der Waals surface area contributed by atoms with E-state index in [0.717, 1.165) is 6.07 Å². The zero-order valence-corrected chi connectivity index (χ0v) is 13.0. The largest absolute Gasteiger partial charge is 0.279 e. The molecule has 0 bridgehead atoms. The van der Waals surface area contributed by atoms with Gasteiger partial charge in [0.1, 0.15) is 12.1 Å². The first-order valence-corrected chi connectivity index (χ1v) is 8.10. The minimum absolute atomic E-state index is 0.128. The molecule has 0 unspecified atom stereocenters. The molecular weight excluding hydrogens is 345 g/mol. The number of anilines is 1. The monoisotopic (exact) mass is 353 g/mol. The lowest BCUT2D eigenvalue weighted by molar-refractivity contribution is 0.594. The lowest BCUT2D eigenvalue weighted by Gasteiger charge is -2.10. The molecule has 0 saturated heterocycles. The molecule has 3 aromatic rings. The molecule has 0 saturated carbocycles. The summed E-state index contributed by atoms with van der Waals surface area (Å²) in [5.74, 6) is -0.346. The molecule has 1 aromatic carbocycles. The summed E-state index contributed by atoms with van der Waals surface area (Å²) >= 11 is 5.65. The van der Waals surface area contributed by atoms with Gasteiger partial charge in [0.15, 0.2) is 10.8 Å². The van der Waals surface area contributed by atoms with Gasteiger partial charge in [-0.05, 0) is 18.2 Å². The van der Waals surface area contributed by atoms with Crippen molar-refractivity contribution in [2.45, 2.75) is 5.03 Å². The fourth-order valence-electron chi connectivity index (χ4n) is 1.84. The molecule has 0 aliphatic rings. The maximum atomic E-state index is 13.2. The Labute approximate surface area is 135 Å². The lowest BCUT2D eigenvalue weighted by atomic mass is 10.3. The Morgan fingerprint density at radius 3 is 2.70 bits per heavy atom. The maximum Gasteiger partial charge on any atom is 0.279 e. The van der Waals surface area contributed by atoms with E-state index in [9.17, 15) is 12.8 Å². The van der Waals surface area contributed by atoms with Crippen LogP contribution in [0.1, 0.15) is 0 Å². The molecule has 1 N–H and O–H groups in total. The van der Waals surface area contributed by atoms with Crippen LogP contribution < -0.4 is 4.72 Å². The second kappa shape index (κ2) is 5.94. The molecule has 2 aromatic heterocycles. The summed E-state index contributed by atoms with van der Waals surface area (Å²) in [6, 6.07) is 3.51. The molecule has 0 aliphatic heterocycles. The summed E-state index contributed by atoms with van der Waals surface area (Å²) in [6.45, 7) is 0. The quantitative estimate of drug-likeness (QED) is 0.777. The van der Waals surface area contributed by atoms with Crippen LogP contribution >= 0.6 is 11.6 Å². The molecule has 0 atom stereocenters. The van der Waals surface area contributed by atoms with E-state index in [1.165, 1.54) is 47.8 Å². The summed E-state index contributed by atoms with van der Waals surface area (Å²) in [6.07, 6.45) is 6.76. The highest BCUT2D eigenvalue weighted by Gasteiger charge is 2.21. The van der Waals surface area contributed by atoms with Crippen molar-refractivity contribution in [2.24, 2.45) is 0 Å². The second-order valence-corrected chi connectivity index (χ2v) is 6.44. The van der Waals surface area contributed by atoms with Gasteiger partial charge in [0.2, 0.25) is 0 Å². The predicted molar refractivity (Wildman–Crippen MR) is 81.4 cm³/mol. The van der Waals surface area contributed by atoms with Gasteiger partial charge in [-0.25, -0.2) is 14.4 Å². The molecule has 10 heteroatoms. The van der Waals surface area contributed by atoms with Crippen molar-refractivity contribution in [2.75, 3.05) is 4.72 Å². The van der Waals surface area contributed by atoms with Crippen LogP contribution in [0.25, 0.3) is 5.82 Å². The highest BCUT2D eigenvalue weighted by atomic mass is 35.5. The zero-order chi connectivity index (χ0) is 16.4. The summed E-state index contributed by atoms with van der Waals surface area (Å²) < 4.78 is 41.7. The van der Waals surface area contributed by atoms with E-state index in [-0.39, 0.29) is 15.7 Å². The molecule has 2 heterocycles. The van der Waals surface area contributed by atoms with Crippen molar-refractivity contribution in [3.05, 3.63) is 60.2 Å². The van der Waals surface area contributed by atoms with Crippen LogP contribution in [-0.4, -0.2) is 27.9 Å². The third-order valence-electron chi connectivity index (χ3n) is 2.85. The Hall–Kier alpha value is -2.52. The number of rotatable bonds is 4. The number of aromatic nitrogens is 4. The van der Waals surface area contributed by atoms with Gasteiger partial charge in [-0.3, -0.25) is 14.3 Å². The Bertz CT molecular complexity index is 946. The number of halogens is 2. The summed E-state index contributed by atoms with van der Waals surface area (Å²) in [7, 11) is -3.98. The van der Waals surface area contributed by atoms with Gasteiger partial charge in [-0.15, -0.1) is 0 Å². The molecule has 7 nitrogen and oxygen atoms in total. The highest BCUT2D eigenvalue weighted by molar-refractivity contribution is 7.92. The molecular formula is C13H9ClFN5O2S. The van der Waals surface area contributed by atoms with E-state index in [0.29, 0.717) is 5.82 Å². The minimum Gasteiger partial charge on any atom is -0.278 e. The molecule has 0 aliphatic carbocycles. The summed E-state index contributed by atoms with van der Waals surface area (Å²) in [5.41, 5.74) is 0.128. The molecule has 0 fully saturated rings. The first-order valence-electron chi connectivity index (χ1n) is 6.24. The summed E-state index contributed by atoms with van der Waals surface area (Å²) in [4.78, 5) is 11.7. The van der Waals surface area contributed by atoms with Crippen molar-refractivity contribution in [3.8, 4) is 5.82 Å². The van der Waals surface area contributed by atoms with Crippen LogP contribution in [0.5, 0.6) is 0 Å². The van der Waals surface area contributed by atoms with Crippen molar-refractivity contribution in [3.63, 3.8) is 0 Å². The van der Waals surface area contributed by atoms with Crippen LogP contribution in [0, 0.1) is 5.82 Å². The van der Waals surface area contributed by atoms with Crippen molar-refractivity contribution in [1.29, 1.82) is 0 Å². The van der Waals surface area contributed by atoms with E-state index >= 15 is 0 Å². The average Bonchev–Trinajstić information content (AvgIpc) is 3.02. The lowest BCUT2D eigenvalue weighted by Crippen LogP contribution is -2.17. The van der Waals surface area contributed by atoms with E-state index in [1.54, 1.807) is 0 Å². The predicted octanol–water partition coefficient (Wildman–Crippen LogP) is 2.26.